The molecule has 0 amide bonds. The summed E-state index contributed by atoms with van der Waals surface area (Å²) in [6, 6.07) is 2.56. The lowest BCUT2D eigenvalue weighted by atomic mass is 10.0. The van der Waals surface area contributed by atoms with E-state index in [9.17, 15) is 13.6 Å². The van der Waals surface area contributed by atoms with Crippen LogP contribution in [0.4, 0.5) is 8.78 Å². The molecule has 0 radical (unpaired) electrons. The summed E-state index contributed by atoms with van der Waals surface area (Å²) >= 11 is 0. The molecule has 15 heavy (non-hydrogen) atoms. The average Bonchev–Trinajstić information content (AvgIpc) is 2.17. The van der Waals surface area contributed by atoms with Crippen molar-refractivity contribution in [3.63, 3.8) is 0 Å². The van der Waals surface area contributed by atoms with Gasteiger partial charge in [-0.1, -0.05) is 13.0 Å². The van der Waals surface area contributed by atoms with E-state index in [1.165, 1.54) is 12.1 Å². The van der Waals surface area contributed by atoms with Gasteiger partial charge in [0.1, 0.15) is 11.6 Å². The smallest absolute Gasteiger partial charge is 0.303 e. The Hall–Kier alpha value is -1.45. The molecule has 1 N–H and O–H groups in total. The highest BCUT2D eigenvalue weighted by atomic mass is 19.1. The highest BCUT2D eigenvalue weighted by molar-refractivity contribution is 5.67. The van der Waals surface area contributed by atoms with Gasteiger partial charge >= 0.3 is 5.97 Å². The summed E-state index contributed by atoms with van der Waals surface area (Å²) in [5.41, 5.74) is 0.286. The van der Waals surface area contributed by atoms with Crippen LogP contribution in [0.5, 0.6) is 0 Å². The Balaban J connectivity index is 2.98. The zero-order valence-corrected chi connectivity index (χ0v) is 8.39. The van der Waals surface area contributed by atoms with Crippen molar-refractivity contribution in [2.75, 3.05) is 0 Å². The van der Waals surface area contributed by atoms with Crippen molar-refractivity contribution >= 4 is 5.97 Å². The molecule has 0 aliphatic heterocycles. The molecule has 0 aromatic heterocycles. The molecule has 4 heteroatoms. The highest BCUT2D eigenvalue weighted by Gasteiger charge is 2.13. The molecule has 0 unspecified atom stereocenters. The normalized spacial score (nSPS) is 10.3. The molecule has 1 rings (SSSR count). The van der Waals surface area contributed by atoms with Crippen LogP contribution in [0.15, 0.2) is 12.1 Å². The van der Waals surface area contributed by atoms with E-state index in [1.54, 1.807) is 6.92 Å². The van der Waals surface area contributed by atoms with Crippen molar-refractivity contribution in [2.45, 2.75) is 26.2 Å². The predicted octanol–water partition coefficient (Wildman–Crippen LogP) is 2.54. The summed E-state index contributed by atoms with van der Waals surface area (Å²) < 4.78 is 26.7. The number of carboxylic acid groups (broad SMARTS) is 1. The maximum Gasteiger partial charge on any atom is 0.303 e. The molecule has 0 bridgehead atoms. The number of carbonyl (C=O) groups is 1. The summed E-state index contributed by atoms with van der Waals surface area (Å²) in [6.07, 6.45) is 0.0913. The van der Waals surface area contributed by atoms with Gasteiger partial charge in [0.2, 0.25) is 0 Å². The second-order valence-corrected chi connectivity index (χ2v) is 3.25. The fraction of sp³-hybridized carbons (Fsp3) is 0.364. The SMILES string of the molecule is CCc1ccc(F)c(CCC(=O)O)c1F. The third kappa shape index (κ3) is 2.75. The van der Waals surface area contributed by atoms with Crippen LogP contribution >= 0.6 is 0 Å². The first-order chi connectivity index (χ1) is 7.06. The quantitative estimate of drug-likeness (QED) is 0.836. The molecule has 0 fully saturated rings. The largest absolute Gasteiger partial charge is 0.481 e. The fourth-order valence-electron chi connectivity index (χ4n) is 1.38. The second-order valence-electron chi connectivity index (χ2n) is 3.25. The Kier molecular flexibility index (Phi) is 3.77. The summed E-state index contributed by atoms with van der Waals surface area (Å²) in [6.45, 7) is 1.76. The van der Waals surface area contributed by atoms with Crippen molar-refractivity contribution in [3.8, 4) is 0 Å². The monoisotopic (exact) mass is 214 g/mol. The molecule has 1 aromatic rings. The molecule has 2 nitrogen and oxygen atoms in total. The molecular formula is C11H12F2O2. The fourth-order valence-corrected chi connectivity index (χ4v) is 1.38. The van der Waals surface area contributed by atoms with Gasteiger partial charge in [0.15, 0.2) is 0 Å². The van der Waals surface area contributed by atoms with E-state index in [-0.39, 0.29) is 18.4 Å². The van der Waals surface area contributed by atoms with Crippen molar-refractivity contribution in [1.82, 2.24) is 0 Å². The number of carboxylic acids is 1. The Morgan fingerprint density at radius 3 is 2.60 bits per heavy atom. The number of halogens is 2. The highest BCUT2D eigenvalue weighted by Crippen LogP contribution is 2.18. The first-order valence-corrected chi connectivity index (χ1v) is 4.73. The lowest BCUT2D eigenvalue weighted by Gasteiger charge is -2.07. The van der Waals surface area contributed by atoms with E-state index in [1.807, 2.05) is 0 Å². The van der Waals surface area contributed by atoms with Crippen molar-refractivity contribution in [1.29, 1.82) is 0 Å². The minimum absolute atomic E-state index is 0.110. The molecule has 0 saturated carbocycles. The molecule has 0 aliphatic rings. The van der Waals surface area contributed by atoms with Gasteiger partial charge in [0, 0.05) is 12.0 Å². The summed E-state index contributed by atoms with van der Waals surface area (Å²) in [4.78, 5) is 10.3. The van der Waals surface area contributed by atoms with Crippen LogP contribution in [0.25, 0.3) is 0 Å². The third-order valence-electron chi connectivity index (χ3n) is 2.24. The van der Waals surface area contributed by atoms with Gasteiger partial charge < -0.3 is 5.11 Å². The molecule has 82 valence electrons. The van der Waals surface area contributed by atoms with E-state index >= 15 is 0 Å². The second kappa shape index (κ2) is 4.87. The number of hydrogen-bond acceptors (Lipinski definition) is 1. The predicted molar refractivity (Wildman–Crippen MR) is 51.7 cm³/mol. The Bertz CT molecular complexity index is 375. The van der Waals surface area contributed by atoms with Gasteiger partial charge in [-0.15, -0.1) is 0 Å². The number of hydrogen-bond donors (Lipinski definition) is 1. The van der Waals surface area contributed by atoms with Crippen LogP contribution < -0.4 is 0 Å². The molecule has 0 heterocycles. The number of rotatable bonds is 4. The topological polar surface area (TPSA) is 37.3 Å². The number of benzene rings is 1. The van der Waals surface area contributed by atoms with Crippen LogP contribution in [0.1, 0.15) is 24.5 Å². The van der Waals surface area contributed by atoms with Gasteiger partial charge in [-0.2, -0.15) is 0 Å². The zero-order valence-electron chi connectivity index (χ0n) is 8.39. The van der Waals surface area contributed by atoms with Crippen LogP contribution in [0.2, 0.25) is 0 Å². The molecule has 0 saturated heterocycles. The van der Waals surface area contributed by atoms with E-state index < -0.39 is 17.6 Å². The molecule has 1 aromatic carbocycles. The van der Waals surface area contributed by atoms with Gasteiger partial charge in [0.25, 0.3) is 0 Å². The lowest BCUT2D eigenvalue weighted by molar-refractivity contribution is -0.136. The van der Waals surface area contributed by atoms with Crippen molar-refractivity contribution in [3.05, 3.63) is 34.9 Å². The maximum absolute atomic E-state index is 13.6. The van der Waals surface area contributed by atoms with Gasteiger partial charge in [0.05, 0.1) is 0 Å². The standard InChI is InChI=1S/C11H12F2O2/c1-2-7-3-5-9(12)8(11(7)13)4-6-10(14)15/h3,5H,2,4,6H2,1H3,(H,14,15). The molecule has 0 aliphatic carbocycles. The van der Waals surface area contributed by atoms with Gasteiger partial charge in [-0.25, -0.2) is 8.78 Å². The van der Waals surface area contributed by atoms with Crippen LogP contribution in [0.3, 0.4) is 0 Å². The Labute approximate surface area is 86.5 Å². The van der Waals surface area contributed by atoms with E-state index in [0.29, 0.717) is 12.0 Å². The van der Waals surface area contributed by atoms with E-state index in [0.717, 1.165) is 0 Å². The van der Waals surface area contributed by atoms with Crippen molar-refractivity contribution < 1.29 is 18.7 Å². The Morgan fingerprint density at radius 1 is 1.40 bits per heavy atom. The summed E-state index contributed by atoms with van der Waals surface area (Å²) in [7, 11) is 0. The minimum atomic E-state index is -1.06. The third-order valence-corrected chi connectivity index (χ3v) is 2.24. The first kappa shape index (κ1) is 11.6. The van der Waals surface area contributed by atoms with E-state index in [2.05, 4.69) is 0 Å². The maximum atomic E-state index is 13.6. The molecule has 0 atom stereocenters. The Morgan fingerprint density at radius 2 is 2.07 bits per heavy atom. The van der Waals surface area contributed by atoms with E-state index in [4.69, 9.17) is 5.11 Å². The molecular weight excluding hydrogens is 202 g/mol. The summed E-state index contributed by atoms with van der Waals surface area (Å²) in [5.74, 6) is -2.35. The van der Waals surface area contributed by atoms with Gasteiger partial charge in [-0.3, -0.25) is 4.79 Å². The van der Waals surface area contributed by atoms with Crippen molar-refractivity contribution in [2.24, 2.45) is 0 Å². The van der Waals surface area contributed by atoms with Crippen LogP contribution in [-0.2, 0) is 17.6 Å². The zero-order chi connectivity index (χ0) is 11.4. The van der Waals surface area contributed by atoms with Crippen LogP contribution in [0, 0.1) is 11.6 Å². The summed E-state index contributed by atoms with van der Waals surface area (Å²) in [5, 5.41) is 8.44. The van der Waals surface area contributed by atoms with Crippen LogP contribution in [-0.4, -0.2) is 11.1 Å². The number of aliphatic carboxylic acids is 1. The van der Waals surface area contributed by atoms with Gasteiger partial charge in [-0.05, 0) is 24.5 Å². The minimum Gasteiger partial charge on any atom is -0.481 e. The lowest BCUT2D eigenvalue weighted by Crippen LogP contribution is -2.04. The number of aryl methyl sites for hydroxylation is 1. The molecule has 0 spiro atoms. The first-order valence-electron chi connectivity index (χ1n) is 4.73. The average molecular weight is 214 g/mol.